The topological polar surface area (TPSA) is 109 Å². The van der Waals surface area contributed by atoms with Gasteiger partial charge in [-0.1, -0.05) is 18.2 Å². The van der Waals surface area contributed by atoms with Gasteiger partial charge in [-0.2, -0.15) is 4.31 Å². The van der Waals surface area contributed by atoms with Crippen molar-refractivity contribution in [3.05, 3.63) is 48.5 Å². The molecule has 0 N–H and O–H groups in total. The number of hydrogen-bond acceptors (Lipinski definition) is 7. The summed E-state index contributed by atoms with van der Waals surface area (Å²) in [5, 5.41) is 0. The fraction of sp³-hybridized carbons (Fsp3) is 0.333. The minimum Gasteiger partial charge on any atom is -0.368 e. The van der Waals surface area contributed by atoms with Gasteiger partial charge in [-0.05, 0) is 30.3 Å². The molecule has 0 unspecified atom stereocenters. The molecule has 0 aromatic heterocycles. The summed E-state index contributed by atoms with van der Waals surface area (Å²) in [6.07, 6.45) is 2.04. The molecule has 0 spiro atoms. The van der Waals surface area contributed by atoms with Crippen molar-refractivity contribution >= 4 is 35.4 Å². The number of sulfonamides is 1. The lowest BCUT2D eigenvalue weighted by molar-refractivity contribution is 0.384. The van der Waals surface area contributed by atoms with Crippen LogP contribution in [0.25, 0.3) is 0 Å². The molecule has 0 aliphatic carbocycles. The number of nitrogens with zero attached hydrogens (tertiary/aromatic N) is 2. The monoisotopic (exact) mass is 458 g/mol. The van der Waals surface area contributed by atoms with Crippen LogP contribution in [-0.4, -0.2) is 68.2 Å². The lowest BCUT2D eigenvalue weighted by Gasteiger charge is -2.36. The quantitative estimate of drug-likeness (QED) is 0.658. The summed E-state index contributed by atoms with van der Waals surface area (Å²) in [6, 6.07) is 12.1. The van der Waals surface area contributed by atoms with Crippen LogP contribution in [0, 0.1) is 0 Å². The van der Waals surface area contributed by atoms with E-state index >= 15 is 0 Å². The first kappa shape index (κ1) is 21.8. The summed E-state index contributed by atoms with van der Waals surface area (Å²) >= 11 is 0. The largest absolute Gasteiger partial charge is 0.368 e. The zero-order valence-electron chi connectivity index (χ0n) is 16.0. The predicted molar refractivity (Wildman–Crippen MR) is 110 cm³/mol. The van der Waals surface area contributed by atoms with E-state index in [-0.39, 0.29) is 40.9 Å². The molecule has 8 nitrogen and oxygen atoms in total. The fourth-order valence-electron chi connectivity index (χ4n) is 3.19. The molecule has 0 amide bonds. The summed E-state index contributed by atoms with van der Waals surface area (Å²) in [6.45, 7) is 0.947. The molecule has 1 fully saturated rings. The van der Waals surface area contributed by atoms with E-state index in [2.05, 4.69) is 0 Å². The number of sulfone groups is 2. The van der Waals surface area contributed by atoms with Crippen LogP contribution in [0.4, 0.5) is 5.69 Å². The standard InChI is InChI=1S/C18H22N2O6S3/c1-27(21,22)16-8-9-17(18(14-16)28(2,23)24)19-10-12-20(13-11-19)29(25,26)15-6-4-3-5-7-15/h3-9,14H,10-13H2,1-2H3. The molecule has 1 saturated heterocycles. The summed E-state index contributed by atoms with van der Waals surface area (Å²) < 4.78 is 75.0. The van der Waals surface area contributed by atoms with Gasteiger partial charge in [-0.3, -0.25) is 0 Å². The molecule has 0 saturated carbocycles. The number of benzene rings is 2. The highest BCUT2D eigenvalue weighted by Gasteiger charge is 2.30. The van der Waals surface area contributed by atoms with Crippen molar-refractivity contribution in [3.63, 3.8) is 0 Å². The van der Waals surface area contributed by atoms with Crippen molar-refractivity contribution in [1.82, 2.24) is 4.31 Å². The third-order valence-corrected chi connectivity index (χ3v) is 8.87. The maximum atomic E-state index is 12.8. The Labute approximate surface area is 171 Å². The van der Waals surface area contributed by atoms with E-state index in [1.807, 2.05) is 0 Å². The second kappa shape index (κ2) is 7.71. The van der Waals surface area contributed by atoms with E-state index in [9.17, 15) is 25.3 Å². The first-order valence-electron chi connectivity index (χ1n) is 8.75. The van der Waals surface area contributed by atoms with Crippen LogP contribution in [0.2, 0.25) is 0 Å². The number of hydrogen-bond donors (Lipinski definition) is 0. The van der Waals surface area contributed by atoms with Gasteiger partial charge in [0.05, 0.1) is 20.4 Å². The van der Waals surface area contributed by atoms with Crippen LogP contribution >= 0.6 is 0 Å². The van der Waals surface area contributed by atoms with Crippen molar-refractivity contribution in [1.29, 1.82) is 0 Å². The van der Waals surface area contributed by atoms with Gasteiger partial charge < -0.3 is 4.90 Å². The third-order valence-electron chi connectivity index (χ3n) is 4.72. The second-order valence-corrected chi connectivity index (χ2v) is 12.8. The Bertz CT molecular complexity index is 1220. The van der Waals surface area contributed by atoms with Gasteiger partial charge in [0.25, 0.3) is 0 Å². The van der Waals surface area contributed by atoms with Gasteiger partial charge in [-0.15, -0.1) is 0 Å². The lowest BCUT2D eigenvalue weighted by atomic mass is 10.2. The van der Waals surface area contributed by atoms with Gasteiger partial charge >= 0.3 is 0 Å². The van der Waals surface area contributed by atoms with Crippen LogP contribution in [0.1, 0.15) is 0 Å². The normalized spacial score (nSPS) is 16.7. The Hall–Kier alpha value is -1.95. The van der Waals surface area contributed by atoms with Crippen molar-refractivity contribution in [3.8, 4) is 0 Å². The van der Waals surface area contributed by atoms with Gasteiger partial charge in [0.2, 0.25) is 10.0 Å². The summed E-state index contributed by atoms with van der Waals surface area (Å²) in [5.74, 6) is 0. The molecule has 2 aromatic carbocycles. The van der Waals surface area contributed by atoms with Crippen LogP contribution in [0.3, 0.4) is 0 Å². The average Bonchev–Trinajstić information content (AvgIpc) is 2.67. The molecule has 1 aliphatic rings. The zero-order chi connectivity index (χ0) is 21.4. The Morgan fingerprint density at radius 2 is 1.28 bits per heavy atom. The van der Waals surface area contributed by atoms with Crippen molar-refractivity contribution in [2.24, 2.45) is 0 Å². The summed E-state index contributed by atoms with van der Waals surface area (Å²) in [5.41, 5.74) is 0.372. The van der Waals surface area contributed by atoms with Crippen LogP contribution < -0.4 is 4.90 Å². The second-order valence-electron chi connectivity index (χ2n) is 6.88. The molecule has 0 atom stereocenters. The predicted octanol–water partition coefficient (Wildman–Crippen LogP) is 1.00. The van der Waals surface area contributed by atoms with E-state index in [0.29, 0.717) is 5.69 Å². The summed E-state index contributed by atoms with van der Waals surface area (Å²) in [4.78, 5) is 1.81. The molecular weight excluding hydrogens is 436 g/mol. The Morgan fingerprint density at radius 3 is 1.79 bits per heavy atom. The first-order valence-corrected chi connectivity index (χ1v) is 14.0. The Balaban J connectivity index is 1.88. The Morgan fingerprint density at radius 1 is 0.690 bits per heavy atom. The maximum absolute atomic E-state index is 12.8. The zero-order valence-corrected chi connectivity index (χ0v) is 18.5. The third kappa shape index (κ3) is 4.63. The fourth-order valence-corrected chi connectivity index (χ4v) is 6.28. The minimum absolute atomic E-state index is 0.0769. The summed E-state index contributed by atoms with van der Waals surface area (Å²) in [7, 11) is -10.9. The highest BCUT2D eigenvalue weighted by atomic mass is 32.2. The SMILES string of the molecule is CS(=O)(=O)c1ccc(N2CCN(S(=O)(=O)c3ccccc3)CC2)c(S(C)(=O)=O)c1. The average molecular weight is 459 g/mol. The number of piperazine rings is 1. The van der Waals surface area contributed by atoms with E-state index < -0.39 is 29.7 Å². The number of anilines is 1. The van der Waals surface area contributed by atoms with Crippen LogP contribution in [-0.2, 0) is 29.7 Å². The van der Waals surface area contributed by atoms with Gasteiger partial charge in [0.15, 0.2) is 19.7 Å². The van der Waals surface area contributed by atoms with E-state index in [0.717, 1.165) is 18.6 Å². The number of rotatable bonds is 5. The first-order chi connectivity index (χ1) is 13.4. The molecule has 2 aromatic rings. The van der Waals surface area contributed by atoms with Crippen LogP contribution in [0.15, 0.2) is 63.2 Å². The van der Waals surface area contributed by atoms with E-state index in [4.69, 9.17) is 0 Å². The molecule has 0 bridgehead atoms. The molecule has 0 radical (unpaired) electrons. The molecule has 1 aliphatic heterocycles. The van der Waals surface area contributed by atoms with Crippen molar-refractivity contribution in [2.75, 3.05) is 43.6 Å². The molecule has 29 heavy (non-hydrogen) atoms. The Kier molecular flexibility index (Phi) is 5.78. The molecule has 158 valence electrons. The van der Waals surface area contributed by atoms with Gasteiger partial charge in [0, 0.05) is 38.7 Å². The van der Waals surface area contributed by atoms with Gasteiger partial charge in [0.1, 0.15) is 0 Å². The molecule has 1 heterocycles. The highest BCUT2D eigenvalue weighted by Crippen LogP contribution is 2.30. The van der Waals surface area contributed by atoms with Gasteiger partial charge in [-0.25, -0.2) is 25.3 Å². The smallest absolute Gasteiger partial charge is 0.243 e. The molecule has 3 rings (SSSR count). The van der Waals surface area contributed by atoms with E-state index in [1.54, 1.807) is 23.1 Å². The van der Waals surface area contributed by atoms with Crippen molar-refractivity contribution < 1.29 is 25.3 Å². The molecular formula is C18H22N2O6S3. The van der Waals surface area contributed by atoms with E-state index in [1.165, 1.54) is 28.6 Å². The molecule has 11 heteroatoms. The highest BCUT2D eigenvalue weighted by molar-refractivity contribution is 7.91. The lowest BCUT2D eigenvalue weighted by Crippen LogP contribution is -2.49. The maximum Gasteiger partial charge on any atom is 0.243 e. The van der Waals surface area contributed by atoms with Crippen LogP contribution in [0.5, 0.6) is 0 Å². The minimum atomic E-state index is -3.69. The van der Waals surface area contributed by atoms with Crippen molar-refractivity contribution in [2.45, 2.75) is 14.7 Å².